The molecule has 3 heterocycles. The van der Waals surface area contributed by atoms with Crippen molar-refractivity contribution in [1.29, 1.82) is 0 Å². The summed E-state index contributed by atoms with van der Waals surface area (Å²) in [5.74, 6) is 0.523. The normalized spacial score (nSPS) is 13.9. The second-order valence-corrected chi connectivity index (χ2v) is 6.95. The Labute approximate surface area is 158 Å². The number of ether oxygens (including phenoxy) is 1. The molecule has 8 nitrogen and oxygen atoms in total. The molecule has 0 bridgehead atoms. The Morgan fingerprint density at radius 1 is 1.43 bits per heavy atom. The molecule has 0 spiro atoms. The molecule has 0 radical (unpaired) electrons. The van der Waals surface area contributed by atoms with Crippen LogP contribution in [0.3, 0.4) is 0 Å². The van der Waals surface area contributed by atoms with E-state index in [9.17, 15) is 9.18 Å². The smallest absolute Gasteiger partial charge is 0.406 e. The molecule has 1 aliphatic carbocycles. The first-order valence-corrected chi connectivity index (χ1v) is 9.01. The van der Waals surface area contributed by atoms with Gasteiger partial charge in [-0.1, -0.05) is 0 Å². The van der Waals surface area contributed by atoms with E-state index in [2.05, 4.69) is 25.4 Å². The van der Waals surface area contributed by atoms with Crippen molar-refractivity contribution in [3.05, 3.63) is 36.4 Å². The van der Waals surface area contributed by atoms with Gasteiger partial charge in [0, 0.05) is 25.2 Å². The Morgan fingerprint density at radius 2 is 2.29 bits per heavy atom. The highest BCUT2D eigenvalue weighted by Crippen LogP contribution is 2.30. The van der Waals surface area contributed by atoms with Crippen LogP contribution in [0.25, 0.3) is 33.5 Å². The summed E-state index contributed by atoms with van der Waals surface area (Å²) in [5, 5.41) is 7.97. The third-order valence-electron chi connectivity index (χ3n) is 4.84. The number of nitrogens with zero attached hydrogens (tertiary/aromatic N) is 4. The number of fused-ring (bicyclic) bond motifs is 2. The van der Waals surface area contributed by atoms with Crippen molar-refractivity contribution in [2.75, 3.05) is 6.54 Å². The highest BCUT2D eigenvalue weighted by molar-refractivity contribution is 5.93. The van der Waals surface area contributed by atoms with Crippen molar-refractivity contribution in [2.45, 2.75) is 12.8 Å². The van der Waals surface area contributed by atoms with Crippen LogP contribution in [0.1, 0.15) is 12.8 Å². The maximum absolute atomic E-state index is 13.6. The first-order chi connectivity index (χ1) is 13.6. The van der Waals surface area contributed by atoms with E-state index in [0.29, 0.717) is 46.3 Å². The molecule has 1 fully saturated rings. The summed E-state index contributed by atoms with van der Waals surface area (Å²) in [6.45, 7) is 0.620. The summed E-state index contributed by atoms with van der Waals surface area (Å²) in [6, 6.07) is 4.47. The fraction of sp³-hybridized carbons (Fsp3) is 0.263. The minimum atomic E-state index is -0.515. The van der Waals surface area contributed by atoms with Gasteiger partial charge < -0.3 is 15.0 Å². The van der Waals surface area contributed by atoms with E-state index in [4.69, 9.17) is 4.74 Å². The van der Waals surface area contributed by atoms with Crippen molar-refractivity contribution in [1.82, 2.24) is 30.0 Å². The standard InChI is InChI=1S/C19H17FN6O2/c1-26-14-6-11(20)4-5-12(14)16(25-26)13-8-21-18-17(24-13)15(9-22-18)28-19(27)23-7-10-2-3-10/h4-6,8-10H,2-3,7H2,1H3,(H,21,22)(H,23,27). The average Bonchev–Trinajstić information content (AvgIpc) is 3.37. The van der Waals surface area contributed by atoms with Gasteiger partial charge in [-0.2, -0.15) is 5.10 Å². The lowest BCUT2D eigenvalue weighted by Gasteiger charge is -2.04. The van der Waals surface area contributed by atoms with Gasteiger partial charge >= 0.3 is 6.09 Å². The molecule has 2 N–H and O–H groups in total. The Hall–Kier alpha value is -3.49. The molecule has 142 valence electrons. The van der Waals surface area contributed by atoms with Crippen molar-refractivity contribution in [2.24, 2.45) is 13.0 Å². The molecule has 28 heavy (non-hydrogen) atoms. The number of hydrogen-bond acceptors (Lipinski definition) is 5. The minimum absolute atomic E-state index is 0.295. The Kier molecular flexibility index (Phi) is 3.75. The third-order valence-corrected chi connectivity index (χ3v) is 4.84. The Morgan fingerprint density at radius 3 is 3.11 bits per heavy atom. The van der Waals surface area contributed by atoms with Crippen molar-refractivity contribution < 1.29 is 13.9 Å². The van der Waals surface area contributed by atoms with E-state index < -0.39 is 6.09 Å². The summed E-state index contributed by atoms with van der Waals surface area (Å²) < 4.78 is 20.5. The van der Waals surface area contributed by atoms with E-state index >= 15 is 0 Å². The summed E-state index contributed by atoms with van der Waals surface area (Å²) >= 11 is 0. The van der Waals surface area contributed by atoms with Crippen LogP contribution < -0.4 is 10.1 Å². The maximum atomic E-state index is 13.6. The number of aryl methyl sites for hydroxylation is 1. The molecular weight excluding hydrogens is 363 g/mol. The van der Waals surface area contributed by atoms with Gasteiger partial charge in [-0.15, -0.1) is 0 Å². The van der Waals surface area contributed by atoms with Crippen LogP contribution in [0.5, 0.6) is 5.75 Å². The zero-order valence-electron chi connectivity index (χ0n) is 15.1. The second-order valence-electron chi connectivity index (χ2n) is 6.95. The second kappa shape index (κ2) is 6.29. The SMILES string of the molecule is Cn1nc(-c2cnc3[nH]cc(OC(=O)NCC4CC4)c3n2)c2ccc(F)cc21. The minimum Gasteiger partial charge on any atom is -0.406 e. The maximum Gasteiger partial charge on any atom is 0.412 e. The quantitative estimate of drug-likeness (QED) is 0.567. The zero-order chi connectivity index (χ0) is 19.3. The molecule has 3 aromatic heterocycles. The average molecular weight is 380 g/mol. The molecule has 4 aromatic rings. The summed E-state index contributed by atoms with van der Waals surface area (Å²) in [7, 11) is 1.74. The van der Waals surface area contributed by atoms with Crippen LogP contribution >= 0.6 is 0 Å². The molecule has 0 atom stereocenters. The number of hydrogen-bond donors (Lipinski definition) is 2. The number of halogens is 1. The van der Waals surface area contributed by atoms with Gasteiger partial charge in [-0.3, -0.25) is 4.68 Å². The number of benzene rings is 1. The van der Waals surface area contributed by atoms with Crippen LogP contribution in [-0.2, 0) is 7.05 Å². The van der Waals surface area contributed by atoms with Crippen LogP contribution in [-0.4, -0.2) is 37.4 Å². The number of rotatable bonds is 4. The van der Waals surface area contributed by atoms with Gasteiger partial charge in [0.25, 0.3) is 0 Å². The largest absolute Gasteiger partial charge is 0.412 e. The number of aromatic amines is 1. The Bertz CT molecular complexity index is 1210. The molecule has 5 rings (SSSR count). The molecule has 1 saturated carbocycles. The van der Waals surface area contributed by atoms with Crippen molar-refractivity contribution >= 4 is 28.2 Å². The third kappa shape index (κ3) is 2.94. The van der Waals surface area contributed by atoms with E-state index in [1.54, 1.807) is 30.2 Å². The van der Waals surface area contributed by atoms with Crippen LogP contribution in [0.2, 0.25) is 0 Å². The number of carbonyl (C=O) groups is 1. The van der Waals surface area contributed by atoms with Gasteiger partial charge in [0.05, 0.1) is 11.7 Å². The van der Waals surface area contributed by atoms with Crippen molar-refractivity contribution in [3.63, 3.8) is 0 Å². The van der Waals surface area contributed by atoms with Crippen LogP contribution in [0, 0.1) is 11.7 Å². The number of H-pyrrole nitrogens is 1. The molecular formula is C19H17FN6O2. The van der Waals surface area contributed by atoms with E-state index in [-0.39, 0.29) is 5.82 Å². The first-order valence-electron chi connectivity index (χ1n) is 9.01. The summed E-state index contributed by atoms with van der Waals surface area (Å²) in [5.41, 5.74) is 2.67. The lowest BCUT2D eigenvalue weighted by atomic mass is 10.1. The molecule has 0 aliphatic heterocycles. The zero-order valence-corrected chi connectivity index (χ0v) is 15.1. The Balaban J connectivity index is 1.50. The van der Waals surface area contributed by atoms with E-state index in [0.717, 1.165) is 18.2 Å². The summed E-state index contributed by atoms with van der Waals surface area (Å²) in [6.07, 6.45) is 4.91. The van der Waals surface area contributed by atoms with E-state index in [1.807, 2.05) is 0 Å². The predicted molar refractivity (Wildman–Crippen MR) is 100 cm³/mol. The van der Waals surface area contributed by atoms with Crippen LogP contribution in [0.4, 0.5) is 9.18 Å². The highest BCUT2D eigenvalue weighted by Gasteiger charge is 2.22. The van der Waals surface area contributed by atoms with Gasteiger partial charge in [0.15, 0.2) is 16.9 Å². The summed E-state index contributed by atoms with van der Waals surface area (Å²) in [4.78, 5) is 23.9. The fourth-order valence-corrected chi connectivity index (χ4v) is 3.17. The monoisotopic (exact) mass is 380 g/mol. The molecule has 1 aromatic carbocycles. The molecule has 9 heteroatoms. The number of nitrogens with one attached hydrogen (secondary N) is 2. The predicted octanol–water partition coefficient (Wildman–Crippen LogP) is 3.15. The molecule has 1 aliphatic rings. The number of amides is 1. The molecule has 0 unspecified atom stereocenters. The van der Waals surface area contributed by atoms with Gasteiger partial charge in [-0.05, 0) is 37.0 Å². The van der Waals surface area contributed by atoms with Crippen LogP contribution in [0.15, 0.2) is 30.6 Å². The highest BCUT2D eigenvalue weighted by atomic mass is 19.1. The first kappa shape index (κ1) is 16.7. The van der Waals surface area contributed by atoms with Gasteiger partial charge in [-0.25, -0.2) is 19.2 Å². The number of aromatic nitrogens is 5. The number of carbonyl (C=O) groups excluding carboxylic acids is 1. The molecule has 0 saturated heterocycles. The molecule has 1 amide bonds. The van der Waals surface area contributed by atoms with Gasteiger partial charge in [0.1, 0.15) is 17.2 Å². The lowest BCUT2D eigenvalue weighted by molar-refractivity contribution is 0.200. The topological polar surface area (TPSA) is 97.7 Å². The van der Waals surface area contributed by atoms with E-state index in [1.165, 1.54) is 12.1 Å². The lowest BCUT2D eigenvalue weighted by Crippen LogP contribution is -2.28. The van der Waals surface area contributed by atoms with Gasteiger partial charge in [0.2, 0.25) is 0 Å². The van der Waals surface area contributed by atoms with Crippen molar-refractivity contribution in [3.8, 4) is 17.1 Å². The fourth-order valence-electron chi connectivity index (χ4n) is 3.17.